The lowest BCUT2D eigenvalue weighted by Crippen LogP contribution is -2.43. The molecule has 2 aliphatic rings. The minimum atomic E-state index is -0.227. The summed E-state index contributed by atoms with van der Waals surface area (Å²) in [4.78, 5) is 26.7. The lowest BCUT2D eigenvalue weighted by Gasteiger charge is -2.23. The standard InChI is InChI=1S/C16H20N2O2/c1-9(2)14-13-12(10(3)17-14)15(19)18(16(13)20)11-7-5-4-6-8-11/h4-10,12-14,17H,1-3H3/t10-,12+,13+,14-/m0/s1. The maximum atomic E-state index is 12.7. The zero-order valence-corrected chi connectivity index (χ0v) is 12.0. The number of nitrogens with zero attached hydrogens (tertiary/aromatic N) is 1. The summed E-state index contributed by atoms with van der Waals surface area (Å²) >= 11 is 0. The number of hydrogen-bond acceptors (Lipinski definition) is 3. The molecule has 0 unspecified atom stereocenters. The highest BCUT2D eigenvalue weighted by atomic mass is 16.2. The van der Waals surface area contributed by atoms with Gasteiger partial charge in [0, 0.05) is 12.1 Å². The number of fused-ring (bicyclic) bond motifs is 1. The van der Waals surface area contributed by atoms with Crippen LogP contribution in [-0.4, -0.2) is 23.9 Å². The summed E-state index contributed by atoms with van der Waals surface area (Å²) in [6, 6.07) is 9.37. The smallest absolute Gasteiger partial charge is 0.239 e. The number of carbonyl (C=O) groups excluding carboxylic acids is 2. The molecule has 0 spiro atoms. The highest BCUT2D eigenvalue weighted by Gasteiger charge is 2.58. The van der Waals surface area contributed by atoms with E-state index < -0.39 is 0 Å². The number of carbonyl (C=O) groups is 2. The molecule has 2 saturated heterocycles. The Morgan fingerprint density at radius 2 is 1.65 bits per heavy atom. The van der Waals surface area contributed by atoms with Crippen LogP contribution in [0.5, 0.6) is 0 Å². The number of benzene rings is 1. The summed E-state index contributed by atoms with van der Waals surface area (Å²) < 4.78 is 0. The zero-order chi connectivity index (χ0) is 14.4. The number of imide groups is 1. The molecule has 4 nitrogen and oxygen atoms in total. The molecule has 2 aliphatic heterocycles. The first-order valence-electron chi connectivity index (χ1n) is 7.21. The Kier molecular flexibility index (Phi) is 3.13. The van der Waals surface area contributed by atoms with E-state index in [2.05, 4.69) is 19.2 Å². The molecule has 3 rings (SSSR count). The van der Waals surface area contributed by atoms with Gasteiger partial charge >= 0.3 is 0 Å². The lowest BCUT2D eigenvalue weighted by atomic mass is 9.85. The second kappa shape index (κ2) is 4.70. The number of nitrogens with one attached hydrogen (secondary N) is 1. The van der Waals surface area contributed by atoms with E-state index in [1.54, 1.807) is 0 Å². The van der Waals surface area contributed by atoms with Gasteiger partial charge in [-0.05, 0) is 25.0 Å². The fourth-order valence-corrected chi connectivity index (χ4v) is 3.57. The molecule has 2 heterocycles. The Balaban J connectivity index is 1.99. The third kappa shape index (κ3) is 1.79. The van der Waals surface area contributed by atoms with Crippen molar-refractivity contribution in [1.82, 2.24) is 5.32 Å². The third-order valence-corrected chi connectivity index (χ3v) is 4.51. The summed E-state index contributed by atoms with van der Waals surface area (Å²) in [6.45, 7) is 6.19. The van der Waals surface area contributed by atoms with Crippen molar-refractivity contribution in [3.8, 4) is 0 Å². The van der Waals surface area contributed by atoms with Gasteiger partial charge in [-0.3, -0.25) is 9.59 Å². The maximum Gasteiger partial charge on any atom is 0.239 e. The Labute approximate surface area is 119 Å². The number of hydrogen-bond donors (Lipinski definition) is 1. The molecule has 0 saturated carbocycles. The van der Waals surface area contributed by atoms with Crippen molar-refractivity contribution in [2.75, 3.05) is 4.90 Å². The summed E-state index contributed by atoms with van der Waals surface area (Å²) in [5.41, 5.74) is 0.687. The molecule has 0 aliphatic carbocycles. The van der Waals surface area contributed by atoms with Crippen LogP contribution in [0.2, 0.25) is 0 Å². The van der Waals surface area contributed by atoms with Crippen molar-refractivity contribution in [1.29, 1.82) is 0 Å². The van der Waals surface area contributed by atoms with Crippen molar-refractivity contribution < 1.29 is 9.59 Å². The van der Waals surface area contributed by atoms with Gasteiger partial charge in [-0.15, -0.1) is 0 Å². The van der Waals surface area contributed by atoms with Crippen LogP contribution in [0.25, 0.3) is 0 Å². The van der Waals surface area contributed by atoms with Gasteiger partial charge in [0.2, 0.25) is 11.8 Å². The van der Waals surface area contributed by atoms with Gasteiger partial charge in [0.15, 0.2) is 0 Å². The molecular formula is C16H20N2O2. The molecule has 0 radical (unpaired) electrons. The van der Waals surface area contributed by atoms with Crippen LogP contribution in [0.3, 0.4) is 0 Å². The monoisotopic (exact) mass is 272 g/mol. The Bertz CT molecular complexity index is 541. The first-order valence-corrected chi connectivity index (χ1v) is 7.21. The highest BCUT2D eigenvalue weighted by molar-refractivity contribution is 6.22. The number of rotatable bonds is 2. The number of anilines is 1. The fourth-order valence-electron chi connectivity index (χ4n) is 3.57. The maximum absolute atomic E-state index is 12.7. The highest BCUT2D eigenvalue weighted by Crippen LogP contribution is 2.40. The third-order valence-electron chi connectivity index (χ3n) is 4.51. The van der Waals surface area contributed by atoms with E-state index in [0.717, 1.165) is 0 Å². The minimum absolute atomic E-state index is 0.0533. The molecule has 0 aromatic heterocycles. The first-order chi connectivity index (χ1) is 9.52. The number of para-hydroxylation sites is 1. The van der Waals surface area contributed by atoms with E-state index in [4.69, 9.17) is 0 Å². The molecule has 20 heavy (non-hydrogen) atoms. The molecule has 0 bridgehead atoms. The van der Waals surface area contributed by atoms with Gasteiger partial charge in [0.1, 0.15) is 0 Å². The average molecular weight is 272 g/mol. The van der Waals surface area contributed by atoms with Crippen LogP contribution in [-0.2, 0) is 9.59 Å². The van der Waals surface area contributed by atoms with Crippen LogP contribution in [0, 0.1) is 17.8 Å². The molecule has 4 heteroatoms. The van der Waals surface area contributed by atoms with E-state index in [0.29, 0.717) is 11.6 Å². The Hall–Kier alpha value is -1.68. The number of amides is 2. The van der Waals surface area contributed by atoms with Gasteiger partial charge < -0.3 is 5.32 Å². The molecule has 106 valence electrons. The molecular weight excluding hydrogens is 252 g/mol. The van der Waals surface area contributed by atoms with Gasteiger partial charge in [0.25, 0.3) is 0 Å². The zero-order valence-electron chi connectivity index (χ0n) is 12.0. The molecule has 1 N–H and O–H groups in total. The predicted octanol–water partition coefficient (Wildman–Crippen LogP) is 1.81. The Morgan fingerprint density at radius 3 is 2.25 bits per heavy atom. The van der Waals surface area contributed by atoms with Crippen LogP contribution >= 0.6 is 0 Å². The van der Waals surface area contributed by atoms with Crippen LogP contribution in [0.4, 0.5) is 5.69 Å². The van der Waals surface area contributed by atoms with Crippen LogP contribution in [0.15, 0.2) is 30.3 Å². The predicted molar refractivity (Wildman–Crippen MR) is 77.1 cm³/mol. The van der Waals surface area contributed by atoms with E-state index in [1.165, 1.54) is 4.90 Å². The quantitative estimate of drug-likeness (QED) is 0.835. The summed E-state index contributed by atoms with van der Waals surface area (Å²) in [5, 5.41) is 3.42. The molecule has 2 amide bonds. The molecule has 2 fully saturated rings. The minimum Gasteiger partial charge on any atom is -0.310 e. The van der Waals surface area contributed by atoms with Gasteiger partial charge in [-0.2, -0.15) is 0 Å². The van der Waals surface area contributed by atoms with Crippen molar-refractivity contribution in [2.24, 2.45) is 17.8 Å². The van der Waals surface area contributed by atoms with E-state index in [1.807, 2.05) is 37.3 Å². The summed E-state index contributed by atoms with van der Waals surface area (Å²) in [7, 11) is 0. The van der Waals surface area contributed by atoms with E-state index in [9.17, 15) is 9.59 Å². The first kappa shape index (κ1) is 13.3. The Morgan fingerprint density at radius 1 is 1.05 bits per heavy atom. The second-order valence-corrected chi connectivity index (χ2v) is 6.12. The molecule has 1 aromatic rings. The van der Waals surface area contributed by atoms with Gasteiger partial charge in [-0.25, -0.2) is 4.90 Å². The van der Waals surface area contributed by atoms with E-state index >= 15 is 0 Å². The van der Waals surface area contributed by atoms with Crippen molar-refractivity contribution in [3.63, 3.8) is 0 Å². The second-order valence-electron chi connectivity index (χ2n) is 6.12. The normalized spacial score (nSPS) is 33.1. The van der Waals surface area contributed by atoms with E-state index in [-0.39, 0.29) is 35.7 Å². The average Bonchev–Trinajstić information content (AvgIpc) is 2.89. The summed E-state index contributed by atoms with van der Waals surface area (Å²) in [5.74, 6) is -0.233. The van der Waals surface area contributed by atoms with Crippen LogP contribution in [0.1, 0.15) is 20.8 Å². The van der Waals surface area contributed by atoms with Gasteiger partial charge in [0.05, 0.1) is 17.5 Å². The van der Waals surface area contributed by atoms with Crippen LogP contribution < -0.4 is 10.2 Å². The molecule has 4 atom stereocenters. The van der Waals surface area contributed by atoms with Crippen molar-refractivity contribution >= 4 is 17.5 Å². The molecule has 1 aromatic carbocycles. The lowest BCUT2D eigenvalue weighted by molar-refractivity contribution is -0.123. The van der Waals surface area contributed by atoms with Gasteiger partial charge in [-0.1, -0.05) is 32.0 Å². The van der Waals surface area contributed by atoms with Crippen molar-refractivity contribution in [2.45, 2.75) is 32.9 Å². The largest absolute Gasteiger partial charge is 0.310 e. The van der Waals surface area contributed by atoms with Crippen molar-refractivity contribution in [3.05, 3.63) is 30.3 Å². The summed E-state index contributed by atoms with van der Waals surface area (Å²) in [6.07, 6.45) is 0. The topological polar surface area (TPSA) is 49.4 Å². The SMILES string of the molecule is CC(C)[C@@H]1N[C@@H](C)[C@H]2C(=O)N(c3ccccc3)C(=O)[C@H]21. The fraction of sp³-hybridized carbons (Fsp3) is 0.500.